The zero-order valence-electron chi connectivity index (χ0n) is 10.7. The van der Waals surface area contributed by atoms with Gasteiger partial charge in [-0.3, -0.25) is 4.79 Å². The van der Waals surface area contributed by atoms with Crippen molar-refractivity contribution in [1.29, 1.82) is 0 Å². The molecule has 0 spiro atoms. The highest BCUT2D eigenvalue weighted by Gasteiger charge is 2.10. The summed E-state index contributed by atoms with van der Waals surface area (Å²) in [5.41, 5.74) is 2.98. The van der Waals surface area contributed by atoms with Crippen molar-refractivity contribution in [2.45, 2.75) is 13.8 Å². The minimum Gasteiger partial charge on any atom is -0.508 e. The second-order valence-corrected chi connectivity index (χ2v) is 5.29. The molecule has 0 aliphatic heterocycles. The highest BCUT2D eigenvalue weighted by atomic mass is 79.9. The van der Waals surface area contributed by atoms with Crippen molar-refractivity contribution in [1.82, 2.24) is 0 Å². The summed E-state index contributed by atoms with van der Waals surface area (Å²) in [7, 11) is 0. The number of hydrogen-bond donors (Lipinski definition) is 2. The van der Waals surface area contributed by atoms with E-state index in [4.69, 9.17) is 0 Å². The maximum atomic E-state index is 12.1. The fraction of sp³-hybridized carbons (Fsp3) is 0.133. The Hall–Kier alpha value is -1.81. The molecule has 0 heterocycles. The smallest absolute Gasteiger partial charge is 0.256 e. The molecular formula is C15H14BrNO2. The van der Waals surface area contributed by atoms with E-state index >= 15 is 0 Å². The number of aryl methyl sites for hydroxylation is 2. The van der Waals surface area contributed by atoms with Gasteiger partial charge in [0.2, 0.25) is 0 Å². The minimum atomic E-state index is -0.213. The van der Waals surface area contributed by atoms with Crippen molar-refractivity contribution < 1.29 is 9.90 Å². The zero-order valence-corrected chi connectivity index (χ0v) is 12.3. The van der Waals surface area contributed by atoms with Crippen molar-refractivity contribution in [3.8, 4) is 5.75 Å². The van der Waals surface area contributed by atoms with E-state index in [2.05, 4.69) is 21.2 Å². The molecule has 0 radical (unpaired) electrons. The van der Waals surface area contributed by atoms with Gasteiger partial charge in [0.05, 0.1) is 5.56 Å². The van der Waals surface area contributed by atoms with E-state index in [1.165, 1.54) is 6.07 Å². The van der Waals surface area contributed by atoms with Crippen LogP contribution in [0.4, 0.5) is 5.69 Å². The van der Waals surface area contributed by atoms with Gasteiger partial charge in [0, 0.05) is 16.2 Å². The van der Waals surface area contributed by atoms with Crippen LogP contribution >= 0.6 is 15.9 Å². The summed E-state index contributed by atoms with van der Waals surface area (Å²) in [6, 6.07) is 10.6. The van der Waals surface area contributed by atoms with Gasteiger partial charge >= 0.3 is 0 Å². The number of phenols is 1. The van der Waals surface area contributed by atoms with Crippen LogP contribution < -0.4 is 5.32 Å². The molecule has 3 nitrogen and oxygen atoms in total. The van der Waals surface area contributed by atoms with Crippen LogP contribution in [0.15, 0.2) is 40.9 Å². The predicted molar refractivity (Wildman–Crippen MR) is 79.7 cm³/mol. The first-order valence-electron chi connectivity index (χ1n) is 5.84. The van der Waals surface area contributed by atoms with Crippen molar-refractivity contribution >= 4 is 27.5 Å². The van der Waals surface area contributed by atoms with Crippen LogP contribution in [0.25, 0.3) is 0 Å². The van der Waals surface area contributed by atoms with Crippen LogP contribution in [0.1, 0.15) is 21.5 Å². The third-order valence-electron chi connectivity index (χ3n) is 2.84. The van der Waals surface area contributed by atoms with Gasteiger partial charge in [-0.1, -0.05) is 12.1 Å². The Morgan fingerprint density at radius 2 is 1.89 bits per heavy atom. The van der Waals surface area contributed by atoms with Gasteiger partial charge in [0.1, 0.15) is 5.75 Å². The average Bonchev–Trinajstić information content (AvgIpc) is 2.33. The van der Waals surface area contributed by atoms with E-state index < -0.39 is 0 Å². The van der Waals surface area contributed by atoms with E-state index in [9.17, 15) is 9.90 Å². The lowest BCUT2D eigenvalue weighted by atomic mass is 10.1. The monoisotopic (exact) mass is 319 g/mol. The molecular weight excluding hydrogens is 306 g/mol. The molecule has 0 fully saturated rings. The number of aromatic hydroxyl groups is 1. The number of amides is 1. The van der Waals surface area contributed by atoms with Crippen molar-refractivity contribution in [3.63, 3.8) is 0 Å². The summed E-state index contributed by atoms with van der Waals surface area (Å²) in [5, 5.41) is 12.4. The fourth-order valence-electron chi connectivity index (χ4n) is 1.69. The van der Waals surface area contributed by atoms with Crippen molar-refractivity contribution in [2.75, 3.05) is 5.32 Å². The van der Waals surface area contributed by atoms with Crippen LogP contribution in [-0.4, -0.2) is 11.0 Å². The second kappa shape index (κ2) is 5.45. The van der Waals surface area contributed by atoms with Crippen LogP contribution in [-0.2, 0) is 0 Å². The number of phenolic OH excluding ortho intramolecular Hbond substituents is 1. The Morgan fingerprint density at radius 3 is 2.53 bits per heavy atom. The number of halogens is 1. The highest BCUT2D eigenvalue weighted by Crippen LogP contribution is 2.23. The number of rotatable bonds is 2. The lowest BCUT2D eigenvalue weighted by Crippen LogP contribution is -2.12. The molecule has 1 amide bonds. The molecule has 0 unspecified atom stereocenters. The average molecular weight is 320 g/mol. The lowest BCUT2D eigenvalue weighted by Gasteiger charge is -2.08. The number of nitrogens with one attached hydrogen (secondary N) is 1. The molecule has 19 heavy (non-hydrogen) atoms. The Morgan fingerprint density at radius 1 is 1.16 bits per heavy atom. The van der Waals surface area contributed by atoms with E-state index in [-0.39, 0.29) is 11.7 Å². The van der Waals surface area contributed by atoms with Crippen LogP contribution in [0.5, 0.6) is 5.75 Å². The Bertz CT molecular complexity index is 638. The third-order valence-corrected chi connectivity index (χ3v) is 3.49. The molecule has 2 aromatic rings. The summed E-state index contributed by atoms with van der Waals surface area (Å²) in [4.78, 5) is 12.1. The first kappa shape index (κ1) is 13.6. The van der Waals surface area contributed by atoms with Gasteiger partial charge in [-0.2, -0.15) is 0 Å². The molecule has 0 saturated carbocycles. The van der Waals surface area contributed by atoms with Gasteiger partial charge < -0.3 is 10.4 Å². The topological polar surface area (TPSA) is 49.3 Å². The van der Waals surface area contributed by atoms with Crippen molar-refractivity contribution in [2.24, 2.45) is 0 Å². The number of anilines is 1. The maximum Gasteiger partial charge on any atom is 0.256 e. The van der Waals surface area contributed by atoms with E-state index in [0.29, 0.717) is 11.3 Å². The quantitative estimate of drug-likeness (QED) is 0.878. The summed E-state index contributed by atoms with van der Waals surface area (Å²) in [6.45, 7) is 3.77. The predicted octanol–water partition coefficient (Wildman–Crippen LogP) is 4.02. The lowest BCUT2D eigenvalue weighted by molar-refractivity contribution is 0.102. The molecule has 2 N–H and O–H groups in total. The summed E-state index contributed by atoms with van der Waals surface area (Å²) >= 11 is 3.38. The molecule has 0 bridgehead atoms. The number of benzene rings is 2. The van der Waals surface area contributed by atoms with E-state index in [1.807, 2.05) is 19.1 Å². The SMILES string of the molecule is Cc1ccc(C(=O)Nc2ccc(C)c(O)c2)c(Br)c1. The van der Waals surface area contributed by atoms with Gasteiger partial charge in [-0.25, -0.2) is 0 Å². The fourth-order valence-corrected chi connectivity index (χ4v) is 2.36. The zero-order chi connectivity index (χ0) is 14.0. The largest absolute Gasteiger partial charge is 0.508 e. The molecule has 98 valence electrons. The first-order chi connectivity index (χ1) is 8.97. The Kier molecular flexibility index (Phi) is 3.90. The van der Waals surface area contributed by atoms with Crippen LogP contribution in [0.2, 0.25) is 0 Å². The molecule has 0 saturated heterocycles. The molecule has 4 heteroatoms. The Labute approximate surface area is 120 Å². The Balaban J connectivity index is 2.23. The van der Waals surface area contributed by atoms with E-state index in [1.54, 1.807) is 25.1 Å². The molecule has 0 aliphatic carbocycles. The molecule has 2 rings (SSSR count). The summed E-state index contributed by atoms with van der Waals surface area (Å²) in [5.74, 6) is -0.0455. The first-order valence-corrected chi connectivity index (χ1v) is 6.64. The number of hydrogen-bond acceptors (Lipinski definition) is 2. The van der Waals surface area contributed by atoms with E-state index in [0.717, 1.165) is 15.6 Å². The minimum absolute atomic E-state index is 0.167. The normalized spacial score (nSPS) is 10.3. The van der Waals surface area contributed by atoms with Crippen LogP contribution in [0.3, 0.4) is 0 Å². The third kappa shape index (κ3) is 3.15. The van der Waals surface area contributed by atoms with Gasteiger partial charge in [-0.05, 0) is 59.1 Å². The molecule has 2 aromatic carbocycles. The maximum absolute atomic E-state index is 12.1. The molecule has 0 aromatic heterocycles. The van der Waals surface area contributed by atoms with Gasteiger partial charge in [0.15, 0.2) is 0 Å². The number of carbonyl (C=O) groups excluding carboxylic acids is 1. The van der Waals surface area contributed by atoms with Gasteiger partial charge in [-0.15, -0.1) is 0 Å². The highest BCUT2D eigenvalue weighted by molar-refractivity contribution is 9.10. The van der Waals surface area contributed by atoms with Crippen LogP contribution in [0, 0.1) is 13.8 Å². The van der Waals surface area contributed by atoms with Crippen molar-refractivity contribution in [3.05, 3.63) is 57.6 Å². The number of carbonyl (C=O) groups is 1. The second-order valence-electron chi connectivity index (χ2n) is 4.44. The van der Waals surface area contributed by atoms with Gasteiger partial charge in [0.25, 0.3) is 5.91 Å². The summed E-state index contributed by atoms with van der Waals surface area (Å²) in [6.07, 6.45) is 0. The standard InChI is InChI=1S/C15H14BrNO2/c1-9-3-6-12(13(16)7-9)15(19)17-11-5-4-10(2)14(18)8-11/h3-8,18H,1-2H3,(H,17,19). The molecule has 0 aliphatic rings. The molecule has 0 atom stereocenters. The summed E-state index contributed by atoms with van der Waals surface area (Å²) < 4.78 is 0.751.